The molecule has 8 heteroatoms. The number of carboxylic acid groups (broad SMARTS) is 1. The molecule has 0 saturated carbocycles. The molecule has 2 rings (SSSR count). The smallest absolute Gasteiger partial charge is 0.346 e. The van der Waals surface area contributed by atoms with Gasteiger partial charge in [-0.2, -0.15) is 5.10 Å². The van der Waals surface area contributed by atoms with E-state index in [1.165, 1.54) is 18.3 Å². The van der Waals surface area contributed by atoms with Gasteiger partial charge in [-0.1, -0.05) is 0 Å². The molecule has 1 unspecified atom stereocenters. The van der Waals surface area contributed by atoms with E-state index in [0.29, 0.717) is 11.3 Å². The first-order valence-corrected chi connectivity index (χ1v) is 7.77. The van der Waals surface area contributed by atoms with Crippen LogP contribution in [0.1, 0.15) is 35.9 Å². The molecule has 1 heterocycles. The SMILES string of the molecule is Cc1c(C(=O)NCC(Oc2ccc(F)cc2)C(=O)O)cnn1C(C)C. The first-order chi connectivity index (χ1) is 11.8. The molecule has 134 valence electrons. The van der Waals surface area contributed by atoms with Gasteiger partial charge < -0.3 is 15.2 Å². The minimum absolute atomic E-state index is 0.107. The molecule has 2 N–H and O–H groups in total. The number of rotatable bonds is 7. The number of nitrogens with one attached hydrogen (secondary N) is 1. The Kier molecular flexibility index (Phi) is 5.74. The molecule has 7 nitrogen and oxygen atoms in total. The van der Waals surface area contributed by atoms with Crippen molar-refractivity contribution in [1.82, 2.24) is 15.1 Å². The third kappa shape index (κ3) is 4.56. The average molecular weight is 349 g/mol. The Labute approximate surface area is 144 Å². The Morgan fingerprint density at radius 1 is 1.32 bits per heavy atom. The van der Waals surface area contributed by atoms with Crippen LogP contribution in [0.15, 0.2) is 30.5 Å². The maximum absolute atomic E-state index is 12.9. The predicted octanol–water partition coefficient (Wildman–Crippen LogP) is 2.17. The molecule has 0 saturated heterocycles. The fraction of sp³-hybridized carbons (Fsp3) is 0.353. The highest BCUT2D eigenvalue weighted by Crippen LogP contribution is 2.14. The van der Waals surface area contributed by atoms with Crippen LogP contribution in [0.2, 0.25) is 0 Å². The molecule has 1 aromatic carbocycles. The lowest BCUT2D eigenvalue weighted by molar-refractivity contribution is -0.144. The summed E-state index contributed by atoms with van der Waals surface area (Å²) in [5, 5.41) is 15.9. The van der Waals surface area contributed by atoms with E-state index in [2.05, 4.69) is 10.4 Å². The van der Waals surface area contributed by atoms with Crippen molar-refractivity contribution in [2.75, 3.05) is 6.54 Å². The van der Waals surface area contributed by atoms with E-state index < -0.39 is 23.8 Å². The maximum Gasteiger partial charge on any atom is 0.346 e. The average Bonchev–Trinajstić information content (AvgIpc) is 2.94. The van der Waals surface area contributed by atoms with Crippen LogP contribution in [-0.2, 0) is 4.79 Å². The number of nitrogens with zero attached hydrogens (tertiary/aromatic N) is 2. The summed E-state index contributed by atoms with van der Waals surface area (Å²) in [6.45, 7) is 5.42. The van der Waals surface area contributed by atoms with Crippen LogP contribution in [0, 0.1) is 12.7 Å². The Bertz CT molecular complexity index is 756. The molecule has 0 aliphatic heterocycles. The lowest BCUT2D eigenvalue weighted by Gasteiger charge is -2.16. The highest BCUT2D eigenvalue weighted by molar-refractivity contribution is 5.95. The summed E-state index contributed by atoms with van der Waals surface area (Å²) in [6.07, 6.45) is 0.149. The number of hydrogen-bond donors (Lipinski definition) is 2. The van der Waals surface area contributed by atoms with Crippen LogP contribution in [0.5, 0.6) is 5.75 Å². The van der Waals surface area contributed by atoms with E-state index in [0.717, 1.165) is 12.1 Å². The van der Waals surface area contributed by atoms with Gasteiger partial charge in [0.1, 0.15) is 11.6 Å². The molecule has 0 spiro atoms. The van der Waals surface area contributed by atoms with E-state index in [4.69, 9.17) is 4.74 Å². The van der Waals surface area contributed by atoms with Crippen molar-refractivity contribution in [3.05, 3.63) is 47.5 Å². The number of carbonyl (C=O) groups is 2. The fourth-order valence-corrected chi connectivity index (χ4v) is 2.30. The molecular formula is C17H20FN3O4. The minimum atomic E-state index is -1.30. The summed E-state index contributed by atoms with van der Waals surface area (Å²) in [4.78, 5) is 23.6. The van der Waals surface area contributed by atoms with Gasteiger partial charge in [0.25, 0.3) is 5.91 Å². The Hall–Kier alpha value is -2.90. The van der Waals surface area contributed by atoms with Crippen LogP contribution in [0.4, 0.5) is 4.39 Å². The first-order valence-electron chi connectivity index (χ1n) is 7.77. The summed E-state index contributed by atoms with van der Waals surface area (Å²) in [7, 11) is 0. The number of aliphatic carboxylic acids is 1. The zero-order chi connectivity index (χ0) is 18.6. The van der Waals surface area contributed by atoms with Gasteiger partial charge in [0.05, 0.1) is 18.3 Å². The predicted molar refractivity (Wildman–Crippen MR) is 88.1 cm³/mol. The molecule has 1 aromatic heterocycles. The minimum Gasteiger partial charge on any atom is -0.478 e. The van der Waals surface area contributed by atoms with Crippen molar-refractivity contribution in [1.29, 1.82) is 0 Å². The Balaban J connectivity index is 2.02. The zero-order valence-corrected chi connectivity index (χ0v) is 14.2. The molecular weight excluding hydrogens is 329 g/mol. The molecule has 0 aliphatic carbocycles. The molecule has 1 atom stereocenters. The summed E-state index contributed by atoms with van der Waals surface area (Å²) >= 11 is 0. The van der Waals surface area contributed by atoms with Gasteiger partial charge in [0.2, 0.25) is 6.10 Å². The summed E-state index contributed by atoms with van der Waals surface area (Å²) < 4.78 is 19.9. The van der Waals surface area contributed by atoms with Gasteiger partial charge in [-0.05, 0) is 45.0 Å². The second-order valence-corrected chi connectivity index (χ2v) is 5.79. The second kappa shape index (κ2) is 7.78. The second-order valence-electron chi connectivity index (χ2n) is 5.79. The summed E-state index contributed by atoms with van der Waals surface area (Å²) in [5.74, 6) is -1.92. The van der Waals surface area contributed by atoms with Gasteiger partial charge >= 0.3 is 5.97 Å². The number of halogens is 1. The highest BCUT2D eigenvalue weighted by atomic mass is 19.1. The lowest BCUT2D eigenvalue weighted by Crippen LogP contribution is -2.40. The number of carbonyl (C=O) groups excluding carboxylic acids is 1. The molecule has 1 amide bonds. The Morgan fingerprint density at radius 3 is 2.48 bits per heavy atom. The van der Waals surface area contributed by atoms with Gasteiger partial charge in [0.15, 0.2) is 0 Å². The van der Waals surface area contributed by atoms with Gasteiger partial charge in [-0.3, -0.25) is 9.48 Å². The molecule has 25 heavy (non-hydrogen) atoms. The van der Waals surface area contributed by atoms with Crippen molar-refractivity contribution < 1.29 is 23.8 Å². The number of ether oxygens (including phenoxy) is 1. The number of aromatic nitrogens is 2. The quantitative estimate of drug-likeness (QED) is 0.799. The number of amides is 1. The normalized spacial score (nSPS) is 12.0. The molecule has 0 fully saturated rings. The fourth-order valence-electron chi connectivity index (χ4n) is 2.30. The van der Waals surface area contributed by atoms with Crippen molar-refractivity contribution in [3.63, 3.8) is 0 Å². The van der Waals surface area contributed by atoms with Gasteiger partial charge in [-0.15, -0.1) is 0 Å². The van der Waals surface area contributed by atoms with Crippen LogP contribution >= 0.6 is 0 Å². The topological polar surface area (TPSA) is 93.4 Å². The lowest BCUT2D eigenvalue weighted by atomic mass is 10.2. The van der Waals surface area contributed by atoms with Crippen molar-refractivity contribution in [2.45, 2.75) is 32.9 Å². The summed E-state index contributed by atoms with van der Waals surface area (Å²) in [5.41, 5.74) is 1.07. The standard InChI is InChI=1S/C17H20FN3O4/c1-10(2)21-11(3)14(8-20-21)16(22)19-9-15(17(23)24)25-13-6-4-12(18)5-7-13/h4-8,10,15H,9H2,1-3H3,(H,19,22)(H,23,24). The molecule has 2 aromatic rings. The van der Waals surface area contributed by atoms with E-state index in [9.17, 15) is 19.1 Å². The number of hydrogen-bond acceptors (Lipinski definition) is 4. The van der Waals surface area contributed by atoms with E-state index in [-0.39, 0.29) is 18.3 Å². The number of benzene rings is 1. The van der Waals surface area contributed by atoms with Crippen molar-refractivity contribution in [3.8, 4) is 5.75 Å². The molecule has 0 aliphatic rings. The van der Waals surface area contributed by atoms with E-state index in [1.54, 1.807) is 11.6 Å². The summed E-state index contributed by atoms with van der Waals surface area (Å²) in [6, 6.07) is 5.08. The van der Waals surface area contributed by atoms with E-state index >= 15 is 0 Å². The Morgan fingerprint density at radius 2 is 1.96 bits per heavy atom. The van der Waals surface area contributed by atoms with E-state index in [1.807, 2.05) is 13.8 Å². The van der Waals surface area contributed by atoms with Crippen LogP contribution in [-0.4, -0.2) is 39.4 Å². The van der Waals surface area contributed by atoms with Gasteiger partial charge in [0, 0.05) is 11.7 Å². The molecule has 0 bridgehead atoms. The zero-order valence-electron chi connectivity index (χ0n) is 14.2. The first kappa shape index (κ1) is 18.4. The van der Waals surface area contributed by atoms with Crippen LogP contribution < -0.4 is 10.1 Å². The third-order valence-corrected chi connectivity index (χ3v) is 3.59. The van der Waals surface area contributed by atoms with Crippen LogP contribution in [0.25, 0.3) is 0 Å². The van der Waals surface area contributed by atoms with Crippen molar-refractivity contribution in [2.24, 2.45) is 0 Å². The largest absolute Gasteiger partial charge is 0.478 e. The maximum atomic E-state index is 12.9. The number of carboxylic acids is 1. The van der Waals surface area contributed by atoms with Crippen LogP contribution in [0.3, 0.4) is 0 Å². The van der Waals surface area contributed by atoms with Gasteiger partial charge in [-0.25, -0.2) is 9.18 Å². The highest BCUT2D eigenvalue weighted by Gasteiger charge is 2.22. The third-order valence-electron chi connectivity index (χ3n) is 3.59. The molecule has 0 radical (unpaired) electrons. The van der Waals surface area contributed by atoms with Crippen molar-refractivity contribution >= 4 is 11.9 Å². The monoisotopic (exact) mass is 349 g/mol.